The van der Waals surface area contributed by atoms with E-state index in [1.165, 1.54) is 4.68 Å². The number of hydrogen-bond acceptors (Lipinski definition) is 9. The smallest absolute Gasteiger partial charge is 0.435 e. The number of benzene rings is 1. The molecule has 1 aromatic carbocycles. The molecule has 188 valence electrons. The minimum atomic E-state index is -0.605. The summed E-state index contributed by atoms with van der Waals surface area (Å²) in [5.41, 5.74) is 1.98. The third-order valence-corrected chi connectivity index (χ3v) is 5.58. The van der Waals surface area contributed by atoms with E-state index >= 15 is 0 Å². The number of carbonyl (C=O) groups excluding carboxylic acids is 1. The predicted molar refractivity (Wildman–Crippen MR) is 138 cm³/mol. The highest BCUT2D eigenvalue weighted by molar-refractivity contribution is 5.88. The van der Waals surface area contributed by atoms with E-state index in [1.54, 1.807) is 36.8 Å². The van der Waals surface area contributed by atoms with Gasteiger partial charge in [-0.15, -0.1) is 0 Å². The van der Waals surface area contributed by atoms with Crippen molar-refractivity contribution in [1.29, 1.82) is 0 Å². The first-order valence-electron chi connectivity index (χ1n) is 12.1. The molecule has 1 N–H and O–H groups in total. The molecule has 10 nitrogen and oxygen atoms in total. The largest absolute Gasteiger partial charge is 0.442 e. The highest BCUT2D eigenvalue weighted by Gasteiger charge is 2.20. The number of nitrogens with one attached hydrogen (secondary N) is 1. The van der Waals surface area contributed by atoms with Crippen LogP contribution in [-0.4, -0.2) is 61.2 Å². The van der Waals surface area contributed by atoms with Crippen LogP contribution in [0, 0.1) is 17.8 Å². The first kappa shape index (κ1) is 24.3. The van der Waals surface area contributed by atoms with Crippen LogP contribution in [0.3, 0.4) is 0 Å². The highest BCUT2D eigenvalue weighted by Crippen LogP contribution is 2.18. The van der Waals surface area contributed by atoms with Crippen LogP contribution in [0.1, 0.15) is 38.4 Å². The third-order valence-electron chi connectivity index (χ3n) is 5.58. The lowest BCUT2D eigenvalue weighted by atomic mass is 10.1. The fraction of sp³-hybridized carbons (Fsp3) is 0.333. The van der Waals surface area contributed by atoms with Crippen molar-refractivity contribution >= 4 is 22.9 Å². The first-order valence-corrected chi connectivity index (χ1v) is 12.1. The van der Waals surface area contributed by atoms with Crippen molar-refractivity contribution in [2.75, 3.05) is 25.1 Å². The van der Waals surface area contributed by atoms with Gasteiger partial charge in [-0.3, -0.25) is 0 Å². The van der Waals surface area contributed by atoms with Crippen LogP contribution in [-0.2, 0) is 9.47 Å². The van der Waals surface area contributed by atoms with Crippen LogP contribution < -0.4 is 5.32 Å². The van der Waals surface area contributed by atoms with Gasteiger partial charge in [0.1, 0.15) is 17.0 Å². The summed E-state index contributed by atoms with van der Waals surface area (Å²) in [5.74, 6) is 7.67. The maximum Gasteiger partial charge on any atom is 0.435 e. The van der Waals surface area contributed by atoms with E-state index in [0.29, 0.717) is 34.6 Å². The van der Waals surface area contributed by atoms with E-state index in [2.05, 4.69) is 42.2 Å². The molecular weight excluding hydrogens is 470 g/mol. The van der Waals surface area contributed by atoms with Gasteiger partial charge < -0.3 is 14.8 Å². The van der Waals surface area contributed by atoms with Crippen LogP contribution in [0.2, 0.25) is 0 Å². The Morgan fingerprint density at radius 1 is 1.16 bits per heavy atom. The number of anilines is 1. The number of aromatic nitrogens is 6. The molecule has 0 amide bonds. The standard InChI is InChI=1S/C27H27N7O3/c1-27(2,3)37-26(35)34-23-7-5-18(14-20(23)16-31-34)4-6-21-8-11-28-24(32-21)22-9-12-29-25(33-22)30-15-19-10-13-36-17-19/h5,7-9,11-12,14,16,19H,10,13,15,17H2,1-3H3,(H,29,30,33)/t19-/m1/s1. The normalized spacial score (nSPS) is 15.3. The van der Waals surface area contributed by atoms with E-state index in [1.807, 2.05) is 32.9 Å². The zero-order chi connectivity index (χ0) is 25.8. The topological polar surface area (TPSA) is 117 Å². The molecule has 0 unspecified atom stereocenters. The van der Waals surface area contributed by atoms with Crippen LogP contribution in [0.25, 0.3) is 22.4 Å². The number of hydrogen-bond donors (Lipinski definition) is 1. The van der Waals surface area contributed by atoms with Gasteiger partial charge in [-0.1, -0.05) is 5.92 Å². The Hall–Kier alpha value is -4.36. The van der Waals surface area contributed by atoms with E-state index in [-0.39, 0.29) is 0 Å². The molecule has 37 heavy (non-hydrogen) atoms. The van der Waals surface area contributed by atoms with Crippen molar-refractivity contribution in [3.05, 3.63) is 60.2 Å². The Bertz CT molecular complexity index is 1490. The molecule has 4 heterocycles. The maximum absolute atomic E-state index is 12.4. The van der Waals surface area contributed by atoms with Gasteiger partial charge in [0.15, 0.2) is 5.82 Å². The molecule has 0 bridgehead atoms. The molecule has 1 saturated heterocycles. The second-order valence-corrected chi connectivity index (χ2v) is 9.70. The molecule has 1 aliphatic heterocycles. The average Bonchev–Trinajstić information content (AvgIpc) is 3.55. The zero-order valence-electron chi connectivity index (χ0n) is 20.9. The molecule has 5 rings (SSSR count). The minimum absolute atomic E-state index is 0.466. The fourth-order valence-corrected chi connectivity index (χ4v) is 3.80. The lowest BCUT2D eigenvalue weighted by Crippen LogP contribution is -2.27. The second-order valence-electron chi connectivity index (χ2n) is 9.70. The van der Waals surface area contributed by atoms with Crippen molar-refractivity contribution in [3.8, 4) is 23.4 Å². The van der Waals surface area contributed by atoms with Gasteiger partial charge >= 0.3 is 6.09 Å². The van der Waals surface area contributed by atoms with E-state index in [9.17, 15) is 4.79 Å². The average molecular weight is 498 g/mol. The van der Waals surface area contributed by atoms with Crippen LogP contribution >= 0.6 is 0 Å². The van der Waals surface area contributed by atoms with Crippen LogP contribution in [0.15, 0.2) is 48.9 Å². The van der Waals surface area contributed by atoms with Crippen LogP contribution in [0.5, 0.6) is 0 Å². The van der Waals surface area contributed by atoms with Gasteiger partial charge in [-0.25, -0.2) is 24.7 Å². The van der Waals surface area contributed by atoms with Gasteiger partial charge in [-0.2, -0.15) is 9.78 Å². The minimum Gasteiger partial charge on any atom is -0.442 e. The third kappa shape index (κ3) is 6.08. The molecule has 3 aromatic heterocycles. The number of fused-ring (bicyclic) bond motifs is 1. The SMILES string of the molecule is CC(C)(C)OC(=O)n1ncc2cc(C#Cc3ccnc(-c4ccnc(NC[C@H]5CCOC5)n4)n3)ccc21. The number of rotatable bonds is 4. The lowest BCUT2D eigenvalue weighted by Gasteiger charge is -2.19. The van der Waals surface area contributed by atoms with E-state index in [4.69, 9.17) is 9.47 Å². The van der Waals surface area contributed by atoms with Crippen molar-refractivity contribution in [3.63, 3.8) is 0 Å². The Balaban J connectivity index is 1.31. The summed E-state index contributed by atoms with van der Waals surface area (Å²) in [6.07, 6.45) is 5.48. The first-order chi connectivity index (χ1) is 17.8. The molecule has 10 heteroatoms. The quantitative estimate of drug-likeness (QED) is 0.419. The number of carbonyl (C=O) groups is 1. The monoisotopic (exact) mass is 497 g/mol. The van der Waals surface area contributed by atoms with Crippen molar-refractivity contribution in [2.24, 2.45) is 5.92 Å². The summed E-state index contributed by atoms with van der Waals surface area (Å²) in [6.45, 7) is 7.77. The number of ether oxygens (including phenoxy) is 2. The molecule has 0 saturated carbocycles. The van der Waals surface area contributed by atoms with Crippen molar-refractivity contribution in [1.82, 2.24) is 29.7 Å². The fourth-order valence-electron chi connectivity index (χ4n) is 3.80. The lowest BCUT2D eigenvalue weighted by molar-refractivity contribution is 0.0522. The Labute approximate surface area is 214 Å². The Morgan fingerprint density at radius 2 is 2.03 bits per heavy atom. The summed E-state index contributed by atoms with van der Waals surface area (Å²) in [4.78, 5) is 30.2. The molecule has 1 atom stereocenters. The second kappa shape index (κ2) is 10.3. The predicted octanol–water partition coefficient (Wildman–Crippen LogP) is 3.91. The highest BCUT2D eigenvalue weighted by atomic mass is 16.6. The molecule has 1 aliphatic rings. The van der Waals surface area contributed by atoms with Gasteiger partial charge in [0.25, 0.3) is 0 Å². The summed E-state index contributed by atoms with van der Waals surface area (Å²) >= 11 is 0. The molecule has 4 aromatic rings. The molecule has 0 radical (unpaired) electrons. The summed E-state index contributed by atoms with van der Waals surface area (Å²) in [5, 5.41) is 8.23. The van der Waals surface area contributed by atoms with Gasteiger partial charge in [0.05, 0.1) is 18.3 Å². The van der Waals surface area contributed by atoms with Crippen molar-refractivity contribution < 1.29 is 14.3 Å². The van der Waals surface area contributed by atoms with Gasteiger partial charge in [0, 0.05) is 42.4 Å². The molecule has 0 aliphatic carbocycles. The van der Waals surface area contributed by atoms with Crippen LogP contribution in [0.4, 0.5) is 10.7 Å². The summed E-state index contributed by atoms with van der Waals surface area (Å²) < 4.78 is 12.1. The Morgan fingerprint density at radius 3 is 2.84 bits per heavy atom. The van der Waals surface area contributed by atoms with Crippen molar-refractivity contribution in [2.45, 2.75) is 32.8 Å². The molecule has 1 fully saturated rings. The summed E-state index contributed by atoms with van der Waals surface area (Å²) in [7, 11) is 0. The Kier molecular flexibility index (Phi) is 6.79. The maximum atomic E-state index is 12.4. The number of nitrogens with zero attached hydrogens (tertiary/aromatic N) is 6. The molecular formula is C27H27N7O3. The summed E-state index contributed by atoms with van der Waals surface area (Å²) in [6, 6.07) is 9.02. The van der Waals surface area contributed by atoms with Gasteiger partial charge in [0.2, 0.25) is 5.95 Å². The molecule has 0 spiro atoms. The van der Waals surface area contributed by atoms with Gasteiger partial charge in [-0.05, 0) is 63.4 Å². The zero-order valence-corrected chi connectivity index (χ0v) is 20.9. The van der Waals surface area contributed by atoms with E-state index in [0.717, 1.165) is 37.1 Å². The van der Waals surface area contributed by atoms with E-state index < -0.39 is 11.7 Å².